The molecule has 0 atom stereocenters. The number of benzene rings is 2. The van der Waals surface area contributed by atoms with Gasteiger partial charge in [-0.3, -0.25) is 4.79 Å². The molecule has 0 bridgehead atoms. The minimum absolute atomic E-state index is 0.0362. The third-order valence-electron chi connectivity index (χ3n) is 2.91. The van der Waals surface area contributed by atoms with Gasteiger partial charge in [-0.15, -0.1) is 13.2 Å². The topological polar surface area (TPSA) is 59.6 Å². The van der Waals surface area contributed by atoms with Crippen LogP contribution in [-0.2, 0) is 4.79 Å². The average Bonchev–Trinajstić information content (AvgIpc) is 2.53. The van der Waals surface area contributed by atoms with E-state index in [2.05, 4.69) is 15.4 Å². The number of nitrogens with one attached hydrogen (secondary N) is 2. The quantitative estimate of drug-likeness (QED) is 0.843. The molecule has 2 rings (SSSR count). The van der Waals surface area contributed by atoms with E-state index in [1.54, 1.807) is 31.4 Å². The summed E-state index contributed by atoms with van der Waals surface area (Å²) in [5.41, 5.74) is 1.10. The smallest absolute Gasteiger partial charge is 0.497 e. The molecule has 5 nitrogen and oxygen atoms in total. The summed E-state index contributed by atoms with van der Waals surface area (Å²) in [5, 5.41) is 5.48. The summed E-state index contributed by atoms with van der Waals surface area (Å²) >= 11 is 0. The van der Waals surface area contributed by atoms with Gasteiger partial charge in [0.25, 0.3) is 0 Å². The number of hydrogen-bond acceptors (Lipinski definition) is 4. The van der Waals surface area contributed by atoms with E-state index in [0.717, 1.165) is 12.1 Å². The van der Waals surface area contributed by atoms with Crippen LogP contribution in [0.4, 0.5) is 24.5 Å². The number of halogens is 3. The van der Waals surface area contributed by atoms with Gasteiger partial charge in [0.1, 0.15) is 11.5 Å². The first kappa shape index (κ1) is 17.5. The molecule has 0 spiro atoms. The number of ether oxygens (including phenoxy) is 2. The molecule has 8 heteroatoms. The van der Waals surface area contributed by atoms with E-state index >= 15 is 0 Å². The van der Waals surface area contributed by atoms with E-state index < -0.39 is 6.36 Å². The molecule has 0 aromatic heterocycles. The number of rotatable bonds is 6. The van der Waals surface area contributed by atoms with Gasteiger partial charge in [0.05, 0.1) is 13.7 Å². The molecule has 0 radical (unpaired) electrons. The van der Waals surface area contributed by atoms with E-state index in [9.17, 15) is 18.0 Å². The van der Waals surface area contributed by atoms with Crippen molar-refractivity contribution in [2.45, 2.75) is 6.36 Å². The fraction of sp³-hybridized carbons (Fsp3) is 0.188. The Balaban J connectivity index is 1.82. The van der Waals surface area contributed by atoms with Gasteiger partial charge in [-0.1, -0.05) is 0 Å². The van der Waals surface area contributed by atoms with Crippen LogP contribution < -0.4 is 20.1 Å². The summed E-state index contributed by atoms with van der Waals surface area (Å²) in [6.45, 7) is -0.0362. The molecule has 0 unspecified atom stereocenters. The number of hydrogen-bond donors (Lipinski definition) is 2. The van der Waals surface area contributed by atoms with E-state index in [4.69, 9.17) is 4.74 Å². The SMILES string of the molecule is COc1ccc(NC(=O)CNc2ccc(OC(F)(F)F)cc2)cc1. The third kappa shape index (κ3) is 5.71. The second-order valence-electron chi connectivity index (χ2n) is 4.70. The van der Waals surface area contributed by atoms with E-state index in [1.807, 2.05) is 0 Å². The number of methoxy groups -OCH3 is 1. The van der Waals surface area contributed by atoms with Crippen molar-refractivity contribution in [3.8, 4) is 11.5 Å². The monoisotopic (exact) mass is 340 g/mol. The largest absolute Gasteiger partial charge is 0.573 e. The van der Waals surface area contributed by atoms with Crippen LogP contribution in [0.15, 0.2) is 48.5 Å². The zero-order chi connectivity index (χ0) is 17.6. The van der Waals surface area contributed by atoms with Gasteiger partial charge in [0.2, 0.25) is 5.91 Å². The minimum atomic E-state index is -4.73. The predicted octanol–water partition coefficient (Wildman–Crippen LogP) is 3.64. The van der Waals surface area contributed by atoms with Crippen LogP contribution in [0.1, 0.15) is 0 Å². The van der Waals surface area contributed by atoms with Crippen molar-refractivity contribution in [1.29, 1.82) is 0 Å². The molecule has 2 N–H and O–H groups in total. The standard InChI is InChI=1S/C16H15F3N2O3/c1-23-13-6-4-12(5-7-13)21-15(22)10-20-11-2-8-14(9-3-11)24-16(17,18)19/h2-9,20H,10H2,1H3,(H,21,22). The van der Waals surface area contributed by atoms with Crippen LogP contribution in [0.3, 0.4) is 0 Å². The number of carbonyl (C=O) groups excluding carboxylic acids is 1. The maximum absolute atomic E-state index is 12.1. The average molecular weight is 340 g/mol. The van der Waals surface area contributed by atoms with Crippen LogP contribution in [0, 0.1) is 0 Å². The predicted molar refractivity (Wildman–Crippen MR) is 83.2 cm³/mol. The van der Waals surface area contributed by atoms with Crippen LogP contribution >= 0.6 is 0 Å². The Morgan fingerprint density at radius 3 is 2.04 bits per heavy atom. The highest BCUT2D eigenvalue weighted by molar-refractivity contribution is 5.93. The molecule has 2 aromatic rings. The van der Waals surface area contributed by atoms with Crippen LogP contribution in [0.2, 0.25) is 0 Å². The lowest BCUT2D eigenvalue weighted by atomic mass is 10.3. The second kappa shape index (κ2) is 7.58. The normalized spacial score (nSPS) is 10.8. The Hall–Kier alpha value is -2.90. The number of anilines is 2. The van der Waals surface area contributed by atoms with Crippen LogP contribution in [0.25, 0.3) is 0 Å². The van der Waals surface area contributed by atoms with E-state index in [-0.39, 0.29) is 18.2 Å². The maximum Gasteiger partial charge on any atom is 0.573 e. The first-order valence-corrected chi connectivity index (χ1v) is 6.89. The lowest BCUT2D eigenvalue weighted by Crippen LogP contribution is -2.21. The highest BCUT2D eigenvalue weighted by Gasteiger charge is 2.30. The van der Waals surface area contributed by atoms with Gasteiger partial charge in [0.15, 0.2) is 0 Å². The fourth-order valence-electron chi connectivity index (χ4n) is 1.84. The molecule has 0 aliphatic rings. The fourth-order valence-corrected chi connectivity index (χ4v) is 1.84. The molecular formula is C16H15F3N2O3. The summed E-state index contributed by atoms with van der Waals surface area (Å²) < 4.78 is 44.9. The highest BCUT2D eigenvalue weighted by atomic mass is 19.4. The summed E-state index contributed by atoms with van der Waals surface area (Å²) in [4.78, 5) is 11.8. The molecular weight excluding hydrogens is 325 g/mol. The van der Waals surface area contributed by atoms with Crippen molar-refractivity contribution in [1.82, 2.24) is 0 Å². The summed E-state index contributed by atoms with van der Waals surface area (Å²) in [6.07, 6.45) is -4.73. The summed E-state index contributed by atoms with van der Waals surface area (Å²) in [7, 11) is 1.54. The van der Waals surface area contributed by atoms with Crippen molar-refractivity contribution in [3.05, 3.63) is 48.5 Å². The molecule has 0 fully saturated rings. The zero-order valence-corrected chi connectivity index (χ0v) is 12.7. The van der Waals surface area contributed by atoms with Gasteiger partial charge >= 0.3 is 6.36 Å². The summed E-state index contributed by atoms with van der Waals surface area (Å²) in [5.74, 6) is 0.0545. The molecule has 128 valence electrons. The Morgan fingerprint density at radius 2 is 1.50 bits per heavy atom. The van der Waals surface area contributed by atoms with Crippen molar-refractivity contribution < 1.29 is 27.4 Å². The van der Waals surface area contributed by atoms with Crippen molar-refractivity contribution in [2.24, 2.45) is 0 Å². The Morgan fingerprint density at radius 1 is 0.958 bits per heavy atom. The van der Waals surface area contributed by atoms with Gasteiger partial charge in [-0.25, -0.2) is 0 Å². The molecule has 1 amide bonds. The Labute approximate surface area is 136 Å². The third-order valence-corrected chi connectivity index (χ3v) is 2.91. The Kier molecular flexibility index (Phi) is 5.51. The minimum Gasteiger partial charge on any atom is -0.497 e. The number of amides is 1. The first-order valence-electron chi connectivity index (χ1n) is 6.89. The molecule has 0 heterocycles. The Bertz CT molecular complexity index is 670. The maximum atomic E-state index is 12.1. The lowest BCUT2D eigenvalue weighted by molar-refractivity contribution is -0.274. The summed E-state index contributed by atoms with van der Waals surface area (Å²) in [6, 6.07) is 11.9. The van der Waals surface area contributed by atoms with Gasteiger partial charge < -0.3 is 20.1 Å². The van der Waals surface area contributed by atoms with Gasteiger partial charge in [0, 0.05) is 11.4 Å². The second-order valence-corrected chi connectivity index (χ2v) is 4.70. The number of carbonyl (C=O) groups is 1. The van der Waals surface area contributed by atoms with Gasteiger partial charge in [-0.2, -0.15) is 0 Å². The first-order chi connectivity index (χ1) is 11.4. The molecule has 0 aliphatic heterocycles. The molecule has 0 saturated heterocycles. The molecule has 2 aromatic carbocycles. The van der Waals surface area contributed by atoms with Crippen molar-refractivity contribution >= 4 is 17.3 Å². The number of alkyl halides is 3. The van der Waals surface area contributed by atoms with E-state index in [0.29, 0.717) is 17.1 Å². The lowest BCUT2D eigenvalue weighted by Gasteiger charge is -2.11. The molecule has 24 heavy (non-hydrogen) atoms. The van der Waals surface area contributed by atoms with Gasteiger partial charge in [-0.05, 0) is 48.5 Å². The molecule has 0 saturated carbocycles. The molecule has 0 aliphatic carbocycles. The van der Waals surface area contributed by atoms with Crippen LogP contribution in [0.5, 0.6) is 11.5 Å². The van der Waals surface area contributed by atoms with Crippen molar-refractivity contribution in [2.75, 3.05) is 24.3 Å². The zero-order valence-electron chi connectivity index (χ0n) is 12.7. The van der Waals surface area contributed by atoms with Crippen molar-refractivity contribution in [3.63, 3.8) is 0 Å². The highest BCUT2D eigenvalue weighted by Crippen LogP contribution is 2.23. The van der Waals surface area contributed by atoms with Crippen LogP contribution in [-0.4, -0.2) is 25.9 Å². The van der Waals surface area contributed by atoms with E-state index in [1.165, 1.54) is 12.1 Å².